The van der Waals surface area contributed by atoms with Crippen LogP contribution < -0.4 is 10.6 Å². The maximum atomic E-state index is 6.13. The zero-order valence-electron chi connectivity index (χ0n) is 8.09. The molecular formula is C10H13Cl3N2. The van der Waals surface area contributed by atoms with Crippen molar-refractivity contribution in [2.45, 2.75) is 6.04 Å². The smallest absolute Gasteiger partial charge is 0.0640 e. The third kappa shape index (κ3) is 2.99. The second-order valence-corrected chi connectivity index (χ2v) is 4.14. The highest BCUT2D eigenvalue weighted by Crippen LogP contribution is 2.29. The van der Waals surface area contributed by atoms with Crippen LogP contribution in [0.15, 0.2) is 18.2 Å². The van der Waals surface area contributed by atoms with Crippen molar-refractivity contribution in [2.24, 2.45) is 0 Å². The summed E-state index contributed by atoms with van der Waals surface area (Å²) in [6.07, 6.45) is 0. The van der Waals surface area contributed by atoms with E-state index in [9.17, 15) is 0 Å². The average Bonchev–Trinajstić information content (AvgIpc) is 2.23. The van der Waals surface area contributed by atoms with Gasteiger partial charge in [0, 0.05) is 25.7 Å². The van der Waals surface area contributed by atoms with E-state index in [1.807, 2.05) is 18.2 Å². The van der Waals surface area contributed by atoms with E-state index in [0.29, 0.717) is 10.0 Å². The molecule has 2 nitrogen and oxygen atoms in total. The van der Waals surface area contributed by atoms with E-state index < -0.39 is 0 Å². The fraction of sp³-hybridized carbons (Fsp3) is 0.400. The standard InChI is InChI=1S/C10H12Cl2N2.ClH/c11-8-3-1-2-7(10(8)12)9-6-13-4-5-14-9;/h1-3,9,13-14H,4-6H2;1H/t9-;/m1./s1. The van der Waals surface area contributed by atoms with E-state index >= 15 is 0 Å². The quantitative estimate of drug-likeness (QED) is 0.817. The monoisotopic (exact) mass is 266 g/mol. The lowest BCUT2D eigenvalue weighted by atomic mass is 10.1. The highest BCUT2D eigenvalue weighted by Gasteiger charge is 2.17. The van der Waals surface area contributed by atoms with Crippen LogP contribution in [0, 0.1) is 0 Å². The van der Waals surface area contributed by atoms with Gasteiger partial charge in [0.1, 0.15) is 0 Å². The minimum Gasteiger partial charge on any atom is -0.314 e. The molecular weight excluding hydrogens is 254 g/mol. The molecule has 1 atom stereocenters. The van der Waals surface area contributed by atoms with Crippen LogP contribution in [0.5, 0.6) is 0 Å². The topological polar surface area (TPSA) is 24.1 Å². The van der Waals surface area contributed by atoms with Crippen molar-refractivity contribution in [1.82, 2.24) is 10.6 Å². The van der Waals surface area contributed by atoms with Gasteiger partial charge in [0.15, 0.2) is 0 Å². The molecule has 1 aromatic carbocycles. The minimum atomic E-state index is 0. The number of rotatable bonds is 1. The SMILES string of the molecule is Cl.Clc1cccc([C@H]2CNCCN2)c1Cl. The van der Waals surface area contributed by atoms with Crippen molar-refractivity contribution in [1.29, 1.82) is 0 Å². The molecule has 0 aliphatic carbocycles. The Bertz CT molecular complexity index is 324. The predicted octanol–water partition coefficient (Wildman–Crippen LogP) is 2.65. The van der Waals surface area contributed by atoms with Gasteiger partial charge in [-0.25, -0.2) is 0 Å². The lowest BCUT2D eigenvalue weighted by Crippen LogP contribution is -2.42. The maximum absolute atomic E-state index is 6.13. The fourth-order valence-corrected chi connectivity index (χ4v) is 2.10. The first-order valence-electron chi connectivity index (χ1n) is 4.67. The van der Waals surface area contributed by atoms with Crippen molar-refractivity contribution in [2.75, 3.05) is 19.6 Å². The Hall–Kier alpha value is 0.01000. The summed E-state index contributed by atoms with van der Waals surface area (Å²) in [5.41, 5.74) is 1.08. The van der Waals surface area contributed by atoms with Crippen LogP contribution >= 0.6 is 35.6 Å². The number of piperazine rings is 1. The number of halogens is 3. The van der Waals surface area contributed by atoms with Crippen molar-refractivity contribution >= 4 is 35.6 Å². The van der Waals surface area contributed by atoms with E-state index in [-0.39, 0.29) is 18.4 Å². The Labute approximate surface area is 106 Å². The van der Waals surface area contributed by atoms with E-state index in [1.165, 1.54) is 0 Å². The first kappa shape index (κ1) is 13.1. The van der Waals surface area contributed by atoms with Crippen LogP contribution in [0.2, 0.25) is 10.0 Å². The van der Waals surface area contributed by atoms with E-state index in [2.05, 4.69) is 10.6 Å². The van der Waals surface area contributed by atoms with Gasteiger partial charge in [0.25, 0.3) is 0 Å². The van der Waals surface area contributed by atoms with E-state index in [0.717, 1.165) is 25.2 Å². The highest BCUT2D eigenvalue weighted by atomic mass is 35.5. The number of hydrogen-bond acceptors (Lipinski definition) is 2. The molecule has 1 aliphatic rings. The Morgan fingerprint density at radius 2 is 2.00 bits per heavy atom. The summed E-state index contributed by atoms with van der Waals surface area (Å²) in [6, 6.07) is 6.03. The third-order valence-corrected chi connectivity index (χ3v) is 3.23. The largest absolute Gasteiger partial charge is 0.314 e. The van der Waals surface area contributed by atoms with E-state index in [4.69, 9.17) is 23.2 Å². The molecule has 0 amide bonds. The van der Waals surface area contributed by atoms with Gasteiger partial charge in [-0.1, -0.05) is 35.3 Å². The Kier molecular flexibility index (Phi) is 5.16. The molecule has 1 heterocycles. The average molecular weight is 268 g/mol. The molecule has 5 heteroatoms. The third-order valence-electron chi connectivity index (χ3n) is 2.40. The van der Waals surface area contributed by atoms with Gasteiger partial charge in [-0.3, -0.25) is 0 Å². The van der Waals surface area contributed by atoms with Gasteiger partial charge in [-0.05, 0) is 11.6 Å². The second-order valence-electron chi connectivity index (χ2n) is 3.35. The molecule has 0 spiro atoms. The van der Waals surface area contributed by atoms with Crippen LogP contribution in [0.1, 0.15) is 11.6 Å². The predicted molar refractivity (Wildman–Crippen MR) is 67.3 cm³/mol. The molecule has 1 aliphatic heterocycles. The lowest BCUT2D eigenvalue weighted by Gasteiger charge is -2.25. The summed E-state index contributed by atoms with van der Waals surface area (Å²) >= 11 is 12.1. The molecule has 2 rings (SSSR count). The van der Waals surface area contributed by atoms with Crippen LogP contribution in [0.25, 0.3) is 0 Å². The summed E-state index contributed by atoms with van der Waals surface area (Å²) in [6.45, 7) is 2.88. The minimum absolute atomic E-state index is 0. The molecule has 0 radical (unpaired) electrons. The molecule has 0 unspecified atom stereocenters. The zero-order valence-corrected chi connectivity index (χ0v) is 10.4. The first-order chi connectivity index (χ1) is 6.79. The summed E-state index contributed by atoms with van der Waals surface area (Å²) in [4.78, 5) is 0. The zero-order chi connectivity index (χ0) is 9.97. The molecule has 0 saturated carbocycles. The molecule has 84 valence electrons. The Morgan fingerprint density at radius 1 is 1.20 bits per heavy atom. The molecule has 1 fully saturated rings. The van der Waals surface area contributed by atoms with E-state index in [1.54, 1.807) is 0 Å². The summed E-state index contributed by atoms with van der Waals surface area (Å²) < 4.78 is 0. The lowest BCUT2D eigenvalue weighted by molar-refractivity contribution is 0.430. The molecule has 1 aromatic rings. The Balaban J connectivity index is 0.00000112. The first-order valence-corrected chi connectivity index (χ1v) is 5.42. The molecule has 0 aromatic heterocycles. The second kappa shape index (κ2) is 5.92. The normalized spacial score (nSPS) is 20.8. The van der Waals surface area contributed by atoms with Crippen LogP contribution in [-0.4, -0.2) is 19.6 Å². The highest BCUT2D eigenvalue weighted by molar-refractivity contribution is 6.42. The van der Waals surface area contributed by atoms with Crippen molar-refractivity contribution in [3.05, 3.63) is 33.8 Å². The molecule has 15 heavy (non-hydrogen) atoms. The van der Waals surface area contributed by atoms with Gasteiger partial charge < -0.3 is 10.6 Å². The summed E-state index contributed by atoms with van der Waals surface area (Å²) in [5, 5.41) is 8.00. The summed E-state index contributed by atoms with van der Waals surface area (Å²) in [5.74, 6) is 0. The van der Waals surface area contributed by atoms with Crippen molar-refractivity contribution < 1.29 is 0 Å². The van der Waals surface area contributed by atoms with Crippen molar-refractivity contribution in [3.63, 3.8) is 0 Å². The maximum Gasteiger partial charge on any atom is 0.0640 e. The number of benzene rings is 1. The summed E-state index contributed by atoms with van der Waals surface area (Å²) in [7, 11) is 0. The molecule has 0 bridgehead atoms. The van der Waals surface area contributed by atoms with Gasteiger partial charge in [0.05, 0.1) is 10.0 Å². The number of nitrogens with one attached hydrogen (secondary N) is 2. The van der Waals surface area contributed by atoms with Crippen LogP contribution in [0.3, 0.4) is 0 Å². The Morgan fingerprint density at radius 3 is 2.67 bits per heavy atom. The van der Waals surface area contributed by atoms with Gasteiger partial charge in [-0.15, -0.1) is 12.4 Å². The van der Waals surface area contributed by atoms with Gasteiger partial charge in [-0.2, -0.15) is 0 Å². The van der Waals surface area contributed by atoms with Crippen LogP contribution in [-0.2, 0) is 0 Å². The fourth-order valence-electron chi connectivity index (χ4n) is 1.66. The van der Waals surface area contributed by atoms with Gasteiger partial charge >= 0.3 is 0 Å². The van der Waals surface area contributed by atoms with Crippen LogP contribution in [0.4, 0.5) is 0 Å². The van der Waals surface area contributed by atoms with Crippen molar-refractivity contribution in [3.8, 4) is 0 Å². The number of hydrogen-bond donors (Lipinski definition) is 2. The molecule has 1 saturated heterocycles. The molecule has 2 N–H and O–H groups in total. The van der Waals surface area contributed by atoms with Gasteiger partial charge in [0.2, 0.25) is 0 Å².